The van der Waals surface area contributed by atoms with Gasteiger partial charge in [-0.15, -0.1) is 0 Å². The van der Waals surface area contributed by atoms with Crippen molar-refractivity contribution in [1.82, 2.24) is 24.9 Å². The molecule has 3 heterocycles. The molecule has 0 amide bonds. The minimum atomic E-state index is -0.126. The summed E-state index contributed by atoms with van der Waals surface area (Å²) in [7, 11) is 0. The van der Waals surface area contributed by atoms with Gasteiger partial charge in [0.25, 0.3) is 0 Å². The third kappa shape index (κ3) is 6.47. The van der Waals surface area contributed by atoms with Crippen LogP contribution in [-0.2, 0) is 5.41 Å². The van der Waals surface area contributed by atoms with Gasteiger partial charge in [-0.05, 0) is 75.8 Å². The SMILES string of the molecule is CC1(C)c2ccccc2-c2ccc(-c3cc(-c4cccc(-c5cccc(-c6nc(-c7ccccc7)nc(-c7ccc8c(c7)oc7ccccc78)n6)c5)c4)nc(-c4ccccc4)n3)cc21. The van der Waals surface area contributed by atoms with E-state index in [9.17, 15) is 0 Å². The lowest BCUT2D eigenvalue weighted by atomic mass is 9.82. The normalized spacial score (nSPS) is 12.7. The highest BCUT2D eigenvalue weighted by molar-refractivity contribution is 6.05. The summed E-state index contributed by atoms with van der Waals surface area (Å²) in [6.07, 6.45) is 0. The van der Waals surface area contributed by atoms with Crippen LogP contribution in [0.2, 0.25) is 0 Å². The van der Waals surface area contributed by atoms with Gasteiger partial charge >= 0.3 is 0 Å². The van der Waals surface area contributed by atoms with Crippen LogP contribution in [0.15, 0.2) is 205 Å². The van der Waals surface area contributed by atoms with Crippen molar-refractivity contribution < 1.29 is 4.42 Å². The first-order chi connectivity index (χ1) is 31.4. The predicted molar refractivity (Wildman–Crippen MR) is 258 cm³/mol. The highest BCUT2D eigenvalue weighted by Crippen LogP contribution is 2.49. The zero-order chi connectivity index (χ0) is 42.8. The number of furan rings is 1. The fourth-order valence-electron chi connectivity index (χ4n) is 9.23. The Bertz CT molecular complexity index is 3590. The van der Waals surface area contributed by atoms with Gasteiger partial charge in [-0.2, -0.15) is 0 Å². The zero-order valence-corrected chi connectivity index (χ0v) is 35.2. The van der Waals surface area contributed by atoms with Crippen molar-refractivity contribution in [2.24, 2.45) is 0 Å². The van der Waals surface area contributed by atoms with Crippen molar-refractivity contribution in [3.63, 3.8) is 0 Å². The lowest BCUT2D eigenvalue weighted by Crippen LogP contribution is -2.14. The molecule has 0 aliphatic heterocycles. The summed E-state index contributed by atoms with van der Waals surface area (Å²) < 4.78 is 6.26. The lowest BCUT2D eigenvalue weighted by molar-refractivity contribution is 0.660. The van der Waals surface area contributed by atoms with Crippen LogP contribution in [0.1, 0.15) is 25.0 Å². The van der Waals surface area contributed by atoms with Crippen molar-refractivity contribution in [3.05, 3.63) is 211 Å². The second-order valence-electron chi connectivity index (χ2n) is 16.9. The van der Waals surface area contributed by atoms with Crippen molar-refractivity contribution in [2.75, 3.05) is 0 Å². The van der Waals surface area contributed by atoms with Gasteiger partial charge < -0.3 is 4.42 Å². The topological polar surface area (TPSA) is 77.6 Å². The number of benzene rings is 8. The van der Waals surface area contributed by atoms with E-state index >= 15 is 0 Å². The molecular weight excluding hydrogens is 783 g/mol. The van der Waals surface area contributed by atoms with E-state index in [1.54, 1.807) is 0 Å². The Morgan fingerprint density at radius 3 is 1.52 bits per heavy atom. The van der Waals surface area contributed by atoms with Gasteiger partial charge in [-0.3, -0.25) is 0 Å². The first kappa shape index (κ1) is 37.4. The molecule has 11 aromatic rings. The van der Waals surface area contributed by atoms with Crippen molar-refractivity contribution in [3.8, 4) is 90.3 Å². The number of fused-ring (bicyclic) bond motifs is 6. The second kappa shape index (κ2) is 14.9. The molecule has 0 spiro atoms. The Morgan fingerprint density at radius 2 is 0.797 bits per heavy atom. The number of aromatic nitrogens is 5. The number of para-hydroxylation sites is 1. The van der Waals surface area contributed by atoms with Crippen molar-refractivity contribution in [2.45, 2.75) is 19.3 Å². The number of hydrogen-bond donors (Lipinski definition) is 0. The van der Waals surface area contributed by atoms with Gasteiger partial charge in [-0.1, -0.05) is 172 Å². The summed E-state index contributed by atoms with van der Waals surface area (Å²) in [6, 6.07) is 69.2. The van der Waals surface area contributed by atoms with E-state index in [0.29, 0.717) is 23.3 Å². The summed E-state index contributed by atoms with van der Waals surface area (Å²) in [5.41, 5.74) is 16.2. The van der Waals surface area contributed by atoms with Crippen LogP contribution in [0.25, 0.3) is 112 Å². The third-order valence-electron chi connectivity index (χ3n) is 12.6. The molecule has 0 radical (unpaired) electrons. The zero-order valence-electron chi connectivity index (χ0n) is 35.2. The van der Waals surface area contributed by atoms with Crippen LogP contribution in [0, 0.1) is 0 Å². The molecule has 6 nitrogen and oxygen atoms in total. The van der Waals surface area contributed by atoms with Crippen LogP contribution >= 0.6 is 0 Å². The number of rotatable bonds is 7. The average Bonchev–Trinajstić information content (AvgIpc) is 3.85. The quantitative estimate of drug-likeness (QED) is 0.159. The van der Waals surface area contributed by atoms with Crippen molar-refractivity contribution >= 4 is 21.9 Å². The van der Waals surface area contributed by atoms with Gasteiger partial charge in [-0.25, -0.2) is 24.9 Å². The first-order valence-corrected chi connectivity index (χ1v) is 21.6. The van der Waals surface area contributed by atoms with E-state index in [2.05, 4.69) is 141 Å². The molecule has 64 heavy (non-hydrogen) atoms. The fourth-order valence-corrected chi connectivity index (χ4v) is 9.23. The monoisotopic (exact) mass is 821 g/mol. The summed E-state index contributed by atoms with van der Waals surface area (Å²) in [6.45, 7) is 4.63. The third-order valence-corrected chi connectivity index (χ3v) is 12.6. The molecule has 8 aromatic carbocycles. The molecular formula is C58H39N5O. The standard InChI is InChI=1S/C58H39N5O/c1-58(2)48-25-11-9-23-44(48)45-29-27-41(33-49(45)58)51-35-50(59-54(60-51)36-15-5-3-6-16-36)40-21-13-19-38(31-40)39-20-14-22-42(32-39)56-61-55(37-17-7-4-8-18-37)62-57(63-56)43-28-30-47-46-24-10-12-26-52(46)64-53(47)34-43/h3-35H,1-2H3. The van der Waals surface area contributed by atoms with Gasteiger partial charge in [0.15, 0.2) is 23.3 Å². The summed E-state index contributed by atoms with van der Waals surface area (Å²) in [4.78, 5) is 25.5. The Labute approximate surface area is 370 Å². The summed E-state index contributed by atoms with van der Waals surface area (Å²) >= 11 is 0. The smallest absolute Gasteiger partial charge is 0.164 e. The average molecular weight is 822 g/mol. The molecule has 0 unspecified atom stereocenters. The molecule has 0 saturated heterocycles. The Balaban J connectivity index is 0.939. The van der Waals surface area contributed by atoms with Gasteiger partial charge in [0.2, 0.25) is 0 Å². The maximum atomic E-state index is 6.26. The second-order valence-corrected chi connectivity index (χ2v) is 16.9. The van der Waals surface area contributed by atoms with E-state index in [1.165, 1.54) is 22.3 Å². The molecule has 1 aliphatic carbocycles. The van der Waals surface area contributed by atoms with E-state index in [0.717, 1.165) is 77.8 Å². The first-order valence-electron chi connectivity index (χ1n) is 21.6. The summed E-state index contributed by atoms with van der Waals surface area (Å²) in [5.74, 6) is 2.44. The maximum absolute atomic E-state index is 6.26. The Kier molecular flexibility index (Phi) is 8.73. The van der Waals surface area contributed by atoms with E-state index in [1.807, 2.05) is 72.8 Å². The largest absolute Gasteiger partial charge is 0.456 e. The highest BCUT2D eigenvalue weighted by Gasteiger charge is 2.35. The fraction of sp³-hybridized carbons (Fsp3) is 0.0517. The van der Waals surface area contributed by atoms with E-state index < -0.39 is 0 Å². The highest BCUT2D eigenvalue weighted by atomic mass is 16.3. The lowest BCUT2D eigenvalue weighted by Gasteiger charge is -2.22. The summed E-state index contributed by atoms with van der Waals surface area (Å²) in [5, 5.41) is 2.14. The molecule has 0 bridgehead atoms. The van der Waals surface area contributed by atoms with Crippen LogP contribution < -0.4 is 0 Å². The van der Waals surface area contributed by atoms with Crippen LogP contribution in [0.3, 0.4) is 0 Å². The maximum Gasteiger partial charge on any atom is 0.164 e. The minimum absolute atomic E-state index is 0.126. The van der Waals surface area contributed by atoms with E-state index in [4.69, 9.17) is 29.3 Å². The van der Waals surface area contributed by atoms with Crippen LogP contribution in [0.4, 0.5) is 0 Å². The molecule has 0 N–H and O–H groups in total. The van der Waals surface area contributed by atoms with Gasteiger partial charge in [0.1, 0.15) is 11.2 Å². The molecule has 1 aliphatic rings. The molecule has 12 rings (SSSR count). The van der Waals surface area contributed by atoms with Gasteiger partial charge in [0, 0.05) is 49.6 Å². The van der Waals surface area contributed by atoms with Crippen LogP contribution in [-0.4, -0.2) is 24.9 Å². The van der Waals surface area contributed by atoms with Gasteiger partial charge in [0.05, 0.1) is 11.4 Å². The number of nitrogens with zero attached hydrogens (tertiary/aromatic N) is 5. The number of hydrogen-bond acceptors (Lipinski definition) is 6. The molecule has 0 saturated carbocycles. The Hall–Kier alpha value is -8.35. The molecule has 3 aromatic heterocycles. The minimum Gasteiger partial charge on any atom is -0.456 e. The molecule has 6 heteroatoms. The van der Waals surface area contributed by atoms with Crippen LogP contribution in [0.5, 0.6) is 0 Å². The molecule has 0 fully saturated rings. The van der Waals surface area contributed by atoms with Crippen molar-refractivity contribution in [1.29, 1.82) is 0 Å². The predicted octanol–water partition coefficient (Wildman–Crippen LogP) is 14.5. The van der Waals surface area contributed by atoms with E-state index in [-0.39, 0.29) is 5.41 Å². The molecule has 0 atom stereocenters. The Morgan fingerprint density at radius 1 is 0.312 bits per heavy atom. The molecule has 302 valence electrons.